The van der Waals surface area contributed by atoms with Gasteiger partial charge in [0.05, 0.1) is 4.90 Å². The highest BCUT2D eigenvalue weighted by Crippen LogP contribution is 2.19. The second-order valence-corrected chi connectivity index (χ2v) is 8.29. The van der Waals surface area contributed by atoms with Gasteiger partial charge in [0.2, 0.25) is 10.0 Å². The number of esters is 1. The summed E-state index contributed by atoms with van der Waals surface area (Å²) in [4.78, 5) is 23.7. The summed E-state index contributed by atoms with van der Waals surface area (Å²) < 4.78 is 36.1. The number of amides is 1. The van der Waals surface area contributed by atoms with E-state index in [1.807, 2.05) is 0 Å². The lowest BCUT2D eigenvalue weighted by Crippen LogP contribution is -2.33. The Hall–Kier alpha value is -1.97. The average molecular weight is 384 g/mol. The summed E-state index contributed by atoms with van der Waals surface area (Å²) in [5.74, 6) is -1.05. The van der Waals surface area contributed by atoms with Crippen molar-refractivity contribution in [1.29, 1.82) is 0 Å². The first-order valence-corrected chi connectivity index (χ1v) is 9.82. The maximum atomic E-state index is 12.4. The highest BCUT2D eigenvalue weighted by Gasteiger charge is 2.26. The summed E-state index contributed by atoms with van der Waals surface area (Å²) in [5.41, 5.74) is 0.411. The van der Waals surface area contributed by atoms with Gasteiger partial charge in [-0.1, -0.05) is 0 Å². The molecule has 144 valence electrons. The smallest absolute Gasteiger partial charge is 0.335 e. The predicted molar refractivity (Wildman–Crippen MR) is 95.1 cm³/mol. The SMILES string of the molecule is CC(C)N(C)S(=O)(=O)c1ccc(NC(=O)COC(=O)[C@@H]2CCCO2)cc1. The van der Waals surface area contributed by atoms with Crippen LogP contribution < -0.4 is 5.32 Å². The van der Waals surface area contributed by atoms with Gasteiger partial charge in [0, 0.05) is 25.4 Å². The number of nitrogens with zero attached hydrogens (tertiary/aromatic N) is 1. The van der Waals surface area contributed by atoms with E-state index in [4.69, 9.17) is 9.47 Å². The maximum Gasteiger partial charge on any atom is 0.335 e. The topological polar surface area (TPSA) is 102 Å². The molecular formula is C17H24N2O6S. The summed E-state index contributed by atoms with van der Waals surface area (Å²) in [6.45, 7) is 3.66. The maximum absolute atomic E-state index is 12.4. The van der Waals surface area contributed by atoms with Crippen LogP contribution in [0.2, 0.25) is 0 Å². The van der Waals surface area contributed by atoms with E-state index in [9.17, 15) is 18.0 Å². The van der Waals surface area contributed by atoms with Crippen molar-refractivity contribution in [2.75, 3.05) is 25.6 Å². The first kappa shape index (κ1) is 20.3. The number of benzene rings is 1. The average Bonchev–Trinajstić information content (AvgIpc) is 3.14. The quantitative estimate of drug-likeness (QED) is 0.713. The molecule has 1 fully saturated rings. The standard InChI is InChI=1S/C17H24N2O6S/c1-12(2)19(3)26(22,23)14-8-6-13(7-9-14)18-16(20)11-25-17(21)15-5-4-10-24-15/h6-9,12,15H,4-5,10-11H2,1-3H3,(H,18,20)/t15-/m0/s1. The van der Waals surface area contributed by atoms with E-state index >= 15 is 0 Å². The van der Waals surface area contributed by atoms with Gasteiger partial charge in [-0.3, -0.25) is 4.79 Å². The first-order valence-electron chi connectivity index (χ1n) is 8.38. The zero-order chi connectivity index (χ0) is 19.3. The molecule has 1 amide bonds. The molecule has 1 aliphatic heterocycles. The van der Waals surface area contributed by atoms with Crippen LogP contribution in [0, 0.1) is 0 Å². The van der Waals surface area contributed by atoms with Gasteiger partial charge in [0.1, 0.15) is 0 Å². The van der Waals surface area contributed by atoms with Crippen molar-refractivity contribution in [3.05, 3.63) is 24.3 Å². The number of carbonyl (C=O) groups is 2. The van der Waals surface area contributed by atoms with E-state index < -0.39 is 34.6 Å². The Kier molecular flexibility index (Phi) is 6.74. The predicted octanol–water partition coefficient (Wildman–Crippen LogP) is 1.38. The molecule has 1 aromatic carbocycles. The number of hydrogen-bond donors (Lipinski definition) is 1. The van der Waals surface area contributed by atoms with Crippen LogP contribution in [0.5, 0.6) is 0 Å². The molecule has 2 rings (SSSR count). The van der Waals surface area contributed by atoms with Crippen LogP contribution in [0.15, 0.2) is 29.2 Å². The van der Waals surface area contributed by atoms with Crippen LogP contribution in [-0.4, -0.2) is 57.0 Å². The number of rotatable bonds is 7. The van der Waals surface area contributed by atoms with E-state index in [1.165, 1.54) is 35.6 Å². The van der Waals surface area contributed by atoms with Crippen molar-refractivity contribution >= 4 is 27.6 Å². The summed E-state index contributed by atoms with van der Waals surface area (Å²) >= 11 is 0. The number of ether oxygens (including phenoxy) is 2. The van der Waals surface area contributed by atoms with Crippen LogP contribution in [0.3, 0.4) is 0 Å². The van der Waals surface area contributed by atoms with Gasteiger partial charge in [-0.2, -0.15) is 4.31 Å². The Labute approximate surface area is 153 Å². The summed E-state index contributed by atoms with van der Waals surface area (Å²) in [5, 5.41) is 2.55. The van der Waals surface area contributed by atoms with Crippen LogP contribution in [0.25, 0.3) is 0 Å². The second kappa shape index (κ2) is 8.61. The van der Waals surface area contributed by atoms with E-state index in [0.717, 1.165) is 6.42 Å². The van der Waals surface area contributed by atoms with Crippen molar-refractivity contribution in [1.82, 2.24) is 4.31 Å². The zero-order valence-electron chi connectivity index (χ0n) is 15.1. The lowest BCUT2D eigenvalue weighted by molar-refractivity contribution is -0.156. The van der Waals surface area contributed by atoms with E-state index in [2.05, 4.69) is 5.32 Å². The Morgan fingerprint density at radius 3 is 2.50 bits per heavy atom. The molecule has 1 atom stereocenters. The molecule has 1 saturated heterocycles. The fourth-order valence-electron chi connectivity index (χ4n) is 2.34. The van der Waals surface area contributed by atoms with E-state index in [0.29, 0.717) is 18.7 Å². The van der Waals surface area contributed by atoms with E-state index in [1.54, 1.807) is 13.8 Å². The fourth-order valence-corrected chi connectivity index (χ4v) is 3.71. The van der Waals surface area contributed by atoms with Crippen molar-refractivity contribution in [3.63, 3.8) is 0 Å². The Morgan fingerprint density at radius 2 is 1.96 bits per heavy atom. The molecule has 0 bridgehead atoms. The van der Waals surface area contributed by atoms with Gasteiger partial charge in [-0.05, 0) is 51.0 Å². The van der Waals surface area contributed by atoms with Crippen LogP contribution >= 0.6 is 0 Å². The lowest BCUT2D eigenvalue weighted by atomic mass is 10.2. The number of hydrogen-bond acceptors (Lipinski definition) is 6. The van der Waals surface area contributed by atoms with Gasteiger partial charge >= 0.3 is 5.97 Å². The molecule has 26 heavy (non-hydrogen) atoms. The number of sulfonamides is 1. The minimum Gasteiger partial charge on any atom is -0.454 e. The summed E-state index contributed by atoms with van der Waals surface area (Å²) in [7, 11) is -2.07. The highest BCUT2D eigenvalue weighted by molar-refractivity contribution is 7.89. The fraction of sp³-hybridized carbons (Fsp3) is 0.529. The van der Waals surface area contributed by atoms with Gasteiger partial charge in [-0.15, -0.1) is 0 Å². The number of carbonyl (C=O) groups excluding carboxylic acids is 2. The molecule has 1 aromatic rings. The van der Waals surface area contributed by atoms with Gasteiger partial charge < -0.3 is 14.8 Å². The molecule has 0 saturated carbocycles. The molecule has 0 aliphatic carbocycles. The monoisotopic (exact) mass is 384 g/mol. The molecule has 8 nitrogen and oxygen atoms in total. The van der Waals surface area contributed by atoms with Crippen molar-refractivity contribution < 1.29 is 27.5 Å². The Morgan fingerprint density at radius 1 is 1.31 bits per heavy atom. The van der Waals surface area contributed by atoms with Crippen molar-refractivity contribution in [2.24, 2.45) is 0 Å². The van der Waals surface area contributed by atoms with Crippen molar-refractivity contribution in [2.45, 2.75) is 43.7 Å². The summed E-state index contributed by atoms with van der Waals surface area (Å²) in [6.07, 6.45) is 0.805. The minimum absolute atomic E-state index is 0.136. The van der Waals surface area contributed by atoms with Crippen LogP contribution in [0.1, 0.15) is 26.7 Å². The highest BCUT2D eigenvalue weighted by atomic mass is 32.2. The Bertz CT molecular complexity index is 739. The van der Waals surface area contributed by atoms with E-state index in [-0.39, 0.29) is 10.9 Å². The third-order valence-corrected chi connectivity index (χ3v) is 6.13. The normalized spacial score (nSPS) is 17.5. The first-order chi connectivity index (χ1) is 12.2. The van der Waals surface area contributed by atoms with Crippen LogP contribution in [-0.2, 0) is 29.1 Å². The third kappa shape index (κ3) is 5.03. The molecule has 1 N–H and O–H groups in total. The molecule has 0 radical (unpaired) electrons. The van der Waals surface area contributed by atoms with Gasteiger partial charge in [0.15, 0.2) is 12.7 Å². The molecule has 0 spiro atoms. The van der Waals surface area contributed by atoms with Crippen LogP contribution in [0.4, 0.5) is 5.69 Å². The molecule has 9 heteroatoms. The molecular weight excluding hydrogens is 360 g/mol. The minimum atomic E-state index is -3.58. The molecule has 1 heterocycles. The summed E-state index contributed by atoms with van der Waals surface area (Å²) in [6, 6.07) is 5.64. The largest absolute Gasteiger partial charge is 0.454 e. The Balaban J connectivity index is 1.90. The lowest BCUT2D eigenvalue weighted by Gasteiger charge is -2.21. The number of anilines is 1. The molecule has 0 aromatic heterocycles. The molecule has 1 aliphatic rings. The number of nitrogens with one attached hydrogen (secondary N) is 1. The molecule has 0 unspecified atom stereocenters. The zero-order valence-corrected chi connectivity index (χ0v) is 15.9. The van der Waals surface area contributed by atoms with Gasteiger partial charge in [0.25, 0.3) is 5.91 Å². The van der Waals surface area contributed by atoms with Gasteiger partial charge in [-0.25, -0.2) is 13.2 Å². The second-order valence-electron chi connectivity index (χ2n) is 6.30. The third-order valence-electron chi connectivity index (χ3n) is 4.08. The van der Waals surface area contributed by atoms with Crippen molar-refractivity contribution in [3.8, 4) is 0 Å².